The molecule has 3 aromatic rings. The number of likely N-dealkylation sites (tertiary alicyclic amines) is 1. The molecule has 0 bridgehead atoms. The number of aliphatic hydroxyl groups excluding tert-OH is 1. The number of benzene rings is 3. The molecule has 1 fully saturated rings. The third kappa shape index (κ3) is 6.08. The van der Waals surface area contributed by atoms with Crippen molar-refractivity contribution in [1.29, 1.82) is 0 Å². The molecule has 1 atom stereocenters. The minimum Gasteiger partial charge on any atom is -0.507 e. The topological polar surface area (TPSA) is 85.3 Å². The minimum atomic E-state index is -0.779. The predicted molar refractivity (Wildman–Crippen MR) is 150 cm³/mol. The van der Waals surface area contributed by atoms with Crippen molar-refractivity contribution < 1.29 is 28.9 Å². The maximum atomic E-state index is 13.4. The number of ketones is 1. The van der Waals surface area contributed by atoms with E-state index in [2.05, 4.69) is 0 Å². The lowest BCUT2D eigenvalue weighted by molar-refractivity contribution is -0.140. The maximum absolute atomic E-state index is 13.4. The molecule has 7 nitrogen and oxygen atoms in total. The van der Waals surface area contributed by atoms with Gasteiger partial charge in [0, 0.05) is 12.1 Å². The Hall–Kier alpha value is -4.26. The van der Waals surface area contributed by atoms with Crippen LogP contribution in [0.2, 0.25) is 0 Å². The molecular formula is C32H35NO6. The molecular weight excluding hydrogens is 494 g/mol. The van der Waals surface area contributed by atoms with E-state index < -0.39 is 17.7 Å². The number of ether oxygens (including phenoxy) is 3. The lowest BCUT2D eigenvalue weighted by Gasteiger charge is -2.26. The summed E-state index contributed by atoms with van der Waals surface area (Å²) in [5, 5.41) is 11.4. The molecule has 1 aliphatic heterocycles. The van der Waals surface area contributed by atoms with E-state index in [-0.39, 0.29) is 24.0 Å². The van der Waals surface area contributed by atoms with Gasteiger partial charge in [0.25, 0.3) is 11.7 Å². The molecule has 7 heteroatoms. The molecule has 1 unspecified atom stereocenters. The molecule has 1 aliphatic rings. The molecule has 0 saturated carbocycles. The lowest BCUT2D eigenvalue weighted by Crippen LogP contribution is -2.29. The summed E-state index contributed by atoms with van der Waals surface area (Å²) in [6.07, 6.45) is 0.916. The van der Waals surface area contributed by atoms with Crippen molar-refractivity contribution in [3.05, 3.63) is 94.6 Å². The van der Waals surface area contributed by atoms with Gasteiger partial charge in [-0.15, -0.1) is 0 Å². The highest BCUT2D eigenvalue weighted by atomic mass is 16.5. The summed E-state index contributed by atoms with van der Waals surface area (Å²) in [7, 11) is 1.57. The van der Waals surface area contributed by atoms with Gasteiger partial charge < -0.3 is 24.2 Å². The monoisotopic (exact) mass is 529 g/mol. The maximum Gasteiger partial charge on any atom is 0.295 e. The number of Topliss-reactive ketones (excluding diaryl/α,β-unsaturated/α-hetero) is 1. The average molecular weight is 530 g/mol. The molecule has 1 N–H and O–H groups in total. The van der Waals surface area contributed by atoms with Gasteiger partial charge in [-0.25, -0.2) is 0 Å². The number of hydrogen-bond acceptors (Lipinski definition) is 6. The molecule has 1 amide bonds. The minimum absolute atomic E-state index is 0.0414. The quantitative estimate of drug-likeness (QED) is 0.191. The van der Waals surface area contributed by atoms with Crippen LogP contribution in [0.1, 0.15) is 55.5 Å². The number of nitrogens with zero attached hydrogens (tertiary/aromatic N) is 1. The van der Waals surface area contributed by atoms with Gasteiger partial charge in [-0.2, -0.15) is 0 Å². The Balaban J connectivity index is 1.76. The largest absolute Gasteiger partial charge is 0.507 e. The molecule has 0 spiro atoms. The Kier molecular flexibility index (Phi) is 8.59. The van der Waals surface area contributed by atoms with Crippen LogP contribution in [0, 0.1) is 6.92 Å². The van der Waals surface area contributed by atoms with Gasteiger partial charge in [-0.05, 0) is 86.3 Å². The van der Waals surface area contributed by atoms with E-state index in [1.54, 1.807) is 37.4 Å². The molecule has 0 aromatic heterocycles. The van der Waals surface area contributed by atoms with Gasteiger partial charge in [0.05, 0.1) is 31.4 Å². The number of hydrogen-bond donors (Lipinski definition) is 1. The van der Waals surface area contributed by atoms with Crippen molar-refractivity contribution in [2.24, 2.45) is 0 Å². The van der Waals surface area contributed by atoms with E-state index in [0.717, 1.165) is 23.3 Å². The average Bonchev–Trinajstić information content (AvgIpc) is 3.17. The van der Waals surface area contributed by atoms with Crippen LogP contribution in [0.15, 0.2) is 72.3 Å². The van der Waals surface area contributed by atoms with Gasteiger partial charge in [0.1, 0.15) is 23.0 Å². The van der Waals surface area contributed by atoms with Gasteiger partial charge in [-0.3, -0.25) is 9.59 Å². The fraction of sp³-hybridized carbons (Fsp3) is 0.312. The summed E-state index contributed by atoms with van der Waals surface area (Å²) >= 11 is 0. The summed E-state index contributed by atoms with van der Waals surface area (Å²) in [6, 6.07) is 19.1. The highest BCUT2D eigenvalue weighted by Gasteiger charge is 2.46. The van der Waals surface area contributed by atoms with Gasteiger partial charge in [0.15, 0.2) is 0 Å². The van der Waals surface area contributed by atoms with E-state index in [1.165, 1.54) is 4.90 Å². The van der Waals surface area contributed by atoms with Crippen molar-refractivity contribution in [3.63, 3.8) is 0 Å². The van der Waals surface area contributed by atoms with Crippen molar-refractivity contribution >= 4 is 17.4 Å². The molecule has 1 saturated heterocycles. The summed E-state index contributed by atoms with van der Waals surface area (Å²) in [5.41, 5.74) is 2.84. The zero-order valence-corrected chi connectivity index (χ0v) is 23.1. The zero-order chi connectivity index (χ0) is 28.1. The van der Waals surface area contributed by atoms with Gasteiger partial charge in [-0.1, -0.05) is 31.2 Å². The van der Waals surface area contributed by atoms with Crippen molar-refractivity contribution in [1.82, 2.24) is 4.90 Å². The molecule has 0 radical (unpaired) electrons. The number of amides is 1. The summed E-state index contributed by atoms with van der Waals surface area (Å²) in [5.74, 6) is 0.475. The Morgan fingerprint density at radius 2 is 1.64 bits per heavy atom. The van der Waals surface area contributed by atoms with Gasteiger partial charge >= 0.3 is 0 Å². The SMILES string of the molecule is CCCOc1ccc(/C(O)=C2/C(=O)C(=O)N(Cc3ccc(OC(C)C)cc3)C2c2ccc(OC)cc2)cc1C. The highest BCUT2D eigenvalue weighted by molar-refractivity contribution is 6.46. The first-order valence-corrected chi connectivity index (χ1v) is 13.1. The Labute approximate surface area is 229 Å². The Morgan fingerprint density at radius 1 is 0.974 bits per heavy atom. The standard InChI is InChI=1S/C32H35NO6/c1-6-17-38-27-16-11-24(18-21(27)4)30(34)28-29(23-9-14-25(37-5)15-10-23)33(32(36)31(28)35)19-22-7-12-26(13-8-22)39-20(2)3/h7-16,18,20,29,34H,6,17,19H2,1-5H3/b30-28-. The van der Waals surface area contributed by atoms with Crippen LogP contribution >= 0.6 is 0 Å². The van der Waals surface area contributed by atoms with E-state index in [9.17, 15) is 14.7 Å². The van der Waals surface area contributed by atoms with E-state index in [1.807, 2.05) is 64.1 Å². The number of aliphatic hydroxyl groups is 1. The smallest absolute Gasteiger partial charge is 0.295 e. The summed E-state index contributed by atoms with van der Waals surface area (Å²) in [6.45, 7) is 8.59. The number of aryl methyl sites for hydroxylation is 1. The summed E-state index contributed by atoms with van der Waals surface area (Å²) in [4.78, 5) is 28.3. The third-order valence-electron chi connectivity index (χ3n) is 6.53. The molecule has 204 valence electrons. The fourth-order valence-corrected chi connectivity index (χ4v) is 4.64. The number of methoxy groups -OCH3 is 1. The Bertz CT molecular complexity index is 1360. The van der Waals surface area contributed by atoms with Crippen LogP contribution in [-0.2, 0) is 16.1 Å². The third-order valence-corrected chi connectivity index (χ3v) is 6.53. The zero-order valence-electron chi connectivity index (χ0n) is 23.1. The van der Waals surface area contributed by atoms with E-state index in [0.29, 0.717) is 29.2 Å². The highest BCUT2D eigenvalue weighted by Crippen LogP contribution is 2.41. The molecule has 1 heterocycles. The first-order valence-electron chi connectivity index (χ1n) is 13.1. The second-order valence-corrected chi connectivity index (χ2v) is 9.84. The van der Waals surface area contributed by atoms with Crippen LogP contribution < -0.4 is 14.2 Å². The van der Waals surface area contributed by atoms with Crippen molar-refractivity contribution in [2.45, 2.75) is 52.8 Å². The van der Waals surface area contributed by atoms with Crippen LogP contribution in [0.3, 0.4) is 0 Å². The van der Waals surface area contributed by atoms with Crippen molar-refractivity contribution in [2.75, 3.05) is 13.7 Å². The molecule has 4 rings (SSSR count). The van der Waals surface area contributed by atoms with Crippen LogP contribution in [0.25, 0.3) is 5.76 Å². The normalized spacial score (nSPS) is 16.6. The second-order valence-electron chi connectivity index (χ2n) is 9.84. The van der Waals surface area contributed by atoms with Crippen LogP contribution in [0.5, 0.6) is 17.2 Å². The predicted octanol–water partition coefficient (Wildman–Crippen LogP) is 6.20. The second kappa shape index (κ2) is 12.1. The molecule has 0 aliphatic carbocycles. The van der Waals surface area contributed by atoms with Gasteiger partial charge in [0.2, 0.25) is 0 Å². The van der Waals surface area contributed by atoms with Crippen LogP contribution in [0.4, 0.5) is 0 Å². The number of rotatable bonds is 10. The number of carbonyl (C=O) groups excluding carboxylic acids is 2. The van der Waals surface area contributed by atoms with E-state index in [4.69, 9.17) is 14.2 Å². The Morgan fingerprint density at radius 3 is 2.23 bits per heavy atom. The fourth-order valence-electron chi connectivity index (χ4n) is 4.64. The summed E-state index contributed by atoms with van der Waals surface area (Å²) < 4.78 is 16.8. The molecule has 3 aromatic carbocycles. The van der Waals surface area contributed by atoms with E-state index >= 15 is 0 Å². The van der Waals surface area contributed by atoms with Crippen LogP contribution in [-0.4, -0.2) is 41.5 Å². The van der Waals surface area contributed by atoms with Crippen molar-refractivity contribution in [3.8, 4) is 17.2 Å². The lowest BCUT2D eigenvalue weighted by atomic mass is 9.94. The number of carbonyl (C=O) groups is 2. The molecule has 39 heavy (non-hydrogen) atoms. The first-order chi connectivity index (χ1) is 18.7. The first kappa shape index (κ1) is 27.8.